The number of aliphatic hydroxyl groups is 2. The van der Waals surface area contributed by atoms with Crippen LogP contribution < -0.4 is 0 Å². The Bertz CT molecular complexity index is 409. The van der Waals surface area contributed by atoms with Crippen LogP contribution in [0.4, 0.5) is 0 Å². The Kier molecular flexibility index (Phi) is 4.37. The first-order valence-corrected chi connectivity index (χ1v) is 10.6. The average Bonchev–Trinajstić information content (AvgIpc) is 2.35. The zero-order valence-corrected chi connectivity index (χ0v) is 13.6. The van der Waals surface area contributed by atoms with Gasteiger partial charge in [-0.3, -0.25) is 0 Å². The van der Waals surface area contributed by atoms with Gasteiger partial charge in [-0.1, -0.05) is 0 Å². The molecule has 5 aliphatic rings. The van der Waals surface area contributed by atoms with E-state index < -0.39 is 45.0 Å². The van der Waals surface area contributed by atoms with E-state index >= 15 is 0 Å². The molecule has 5 heterocycles. The van der Waals surface area contributed by atoms with Crippen LogP contribution in [0, 0.1) is 0 Å². The van der Waals surface area contributed by atoms with Crippen LogP contribution in [0.1, 0.15) is 0 Å². The Morgan fingerprint density at radius 2 is 1.33 bits per heavy atom. The van der Waals surface area contributed by atoms with Crippen molar-refractivity contribution >= 4 is 32.4 Å². The van der Waals surface area contributed by atoms with Crippen molar-refractivity contribution < 1.29 is 31.9 Å². The fourth-order valence-electron chi connectivity index (χ4n) is 2.36. The fraction of sp³-hybridized carbons (Fsp3) is 0.800. The third-order valence-electron chi connectivity index (χ3n) is 3.20. The Labute approximate surface area is 126 Å². The van der Waals surface area contributed by atoms with Gasteiger partial charge in [-0.05, 0) is 0 Å². The van der Waals surface area contributed by atoms with Gasteiger partial charge in [-0.25, -0.2) is 0 Å². The molecule has 119 valence electrons. The number of aliphatic hydroxyl groups excluding tert-OH is 2. The van der Waals surface area contributed by atoms with Gasteiger partial charge < -0.3 is 0 Å². The quantitative estimate of drug-likeness (QED) is 0.393. The SMILES string of the molecule is O=C1CN2CCN3CC(=O)[O][Sb]([O]1)([O]C(O)C2)[O]C(O)C3. The van der Waals surface area contributed by atoms with Gasteiger partial charge in [0.05, 0.1) is 0 Å². The van der Waals surface area contributed by atoms with Crippen LogP contribution in [0.3, 0.4) is 0 Å². The van der Waals surface area contributed by atoms with E-state index in [2.05, 4.69) is 0 Å². The van der Waals surface area contributed by atoms with E-state index in [0.717, 1.165) is 0 Å². The minimum absolute atomic E-state index is 0.0656. The summed E-state index contributed by atoms with van der Waals surface area (Å²) in [4.78, 5) is 27.1. The zero-order valence-electron chi connectivity index (χ0n) is 11.1. The standard InChI is InChI=1S/C10H18N2O8.Sb/c13-7(14)3-11(4-8(15)16)1-2-12(5-9(17)18)6-10(19)20;/h7,9,13,17H,1-6H2,(H,15,16)(H,19,20);/q-2;+4/p-2. The molecule has 0 aromatic heterocycles. The molecule has 4 unspecified atom stereocenters. The van der Waals surface area contributed by atoms with E-state index in [-0.39, 0.29) is 26.2 Å². The molecule has 3 bridgehead atoms. The number of hydrogen-bond acceptors (Lipinski definition) is 10. The van der Waals surface area contributed by atoms with Crippen molar-refractivity contribution in [1.29, 1.82) is 0 Å². The summed E-state index contributed by atoms with van der Waals surface area (Å²) < 4.78 is 20.7. The van der Waals surface area contributed by atoms with E-state index in [4.69, 9.17) is 12.1 Å². The second kappa shape index (κ2) is 5.96. The van der Waals surface area contributed by atoms with Crippen molar-refractivity contribution in [3.8, 4) is 0 Å². The summed E-state index contributed by atoms with van der Waals surface area (Å²) in [6.07, 6.45) is -2.65. The topological polar surface area (TPSA) is 118 Å². The molecule has 5 rings (SSSR count). The summed E-state index contributed by atoms with van der Waals surface area (Å²) in [5, 5.41) is 19.8. The molecule has 11 heteroatoms. The first kappa shape index (κ1) is 15.4. The third-order valence-corrected chi connectivity index (χ3v) is 8.50. The predicted octanol–water partition coefficient (Wildman–Crippen LogP) is -3.18. The van der Waals surface area contributed by atoms with Crippen LogP contribution in [0.5, 0.6) is 0 Å². The third kappa shape index (κ3) is 3.65. The van der Waals surface area contributed by atoms with Gasteiger partial charge in [0.15, 0.2) is 0 Å². The molecule has 0 aliphatic carbocycles. The van der Waals surface area contributed by atoms with Gasteiger partial charge in [0.25, 0.3) is 0 Å². The normalized spacial score (nSPS) is 44.3. The van der Waals surface area contributed by atoms with Crippen LogP contribution in [0.15, 0.2) is 0 Å². The van der Waals surface area contributed by atoms with Crippen LogP contribution in [-0.4, -0.2) is 104 Å². The van der Waals surface area contributed by atoms with Gasteiger partial charge in [-0.2, -0.15) is 0 Å². The van der Waals surface area contributed by atoms with Gasteiger partial charge in [0.1, 0.15) is 0 Å². The number of carbonyl (C=O) groups excluding carboxylic acids is 2. The second-order valence-electron chi connectivity index (χ2n) is 4.96. The van der Waals surface area contributed by atoms with Crippen LogP contribution >= 0.6 is 0 Å². The Balaban J connectivity index is 2.00. The summed E-state index contributed by atoms with van der Waals surface area (Å²) in [5.41, 5.74) is 0. The Hall–Kier alpha value is -0.482. The molecule has 1 spiro atoms. The molecule has 0 aromatic rings. The molecule has 5 saturated heterocycles. The molecule has 0 saturated carbocycles. The summed E-state index contributed by atoms with van der Waals surface area (Å²) >= 11 is -5.02. The van der Waals surface area contributed by atoms with Crippen molar-refractivity contribution in [3.63, 3.8) is 0 Å². The summed E-state index contributed by atoms with van der Waals surface area (Å²) in [6.45, 7) is 0.795. The molecular weight excluding hydrogens is 398 g/mol. The number of rotatable bonds is 0. The Morgan fingerprint density at radius 1 is 0.905 bits per heavy atom. The molecule has 4 atom stereocenters. The summed E-state index contributed by atoms with van der Waals surface area (Å²) in [7, 11) is 0. The predicted molar refractivity (Wildman–Crippen MR) is 65.0 cm³/mol. The molecule has 10 nitrogen and oxygen atoms in total. The summed E-state index contributed by atoms with van der Waals surface area (Å²) in [6, 6.07) is 0. The van der Waals surface area contributed by atoms with E-state index in [1.165, 1.54) is 0 Å². The number of fused-ring (bicyclic) bond motifs is 4. The van der Waals surface area contributed by atoms with Crippen molar-refractivity contribution in [2.45, 2.75) is 12.6 Å². The molecule has 0 amide bonds. The van der Waals surface area contributed by atoms with Crippen LogP contribution in [0.25, 0.3) is 0 Å². The van der Waals surface area contributed by atoms with Crippen molar-refractivity contribution in [1.82, 2.24) is 9.80 Å². The number of nitrogens with zero attached hydrogens (tertiary/aromatic N) is 2. The molecule has 5 fully saturated rings. The zero-order chi connectivity index (χ0) is 15.0. The van der Waals surface area contributed by atoms with E-state index in [1.54, 1.807) is 9.80 Å². The second-order valence-corrected chi connectivity index (χ2v) is 9.76. The maximum atomic E-state index is 11.9. The fourth-order valence-corrected chi connectivity index (χ4v) is 6.94. The molecule has 5 aliphatic heterocycles. The van der Waals surface area contributed by atoms with Gasteiger partial charge in [-0.15, -0.1) is 0 Å². The molecule has 21 heavy (non-hydrogen) atoms. The number of hydrogen-bond donors (Lipinski definition) is 2. The summed E-state index contributed by atoms with van der Waals surface area (Å²) in [5.74, 6) is -1.33. The van der Waals surface area contributed by atoms with Gasteiger partial charge >= 0.3 is 126 Å². The van der Waals surface area contributed by atoms with Crippen molar-refractivity contribution in [2.24, 2.45) is 0 Å². The van der Waals surface area contributed by atoms with E-state index in [1.807, 2.05) is 0 Å². The first-order valence-electron chi connectivity index (χ1n) is 6.46. The van der Waals surface area contributed by atoms with E-state index in [9.17, 15) is 19.8 Å². The maximum absolute atomic E-state index is 11.9. The molecular formula is C10H16N2O8Sb. The monoisotopic (exact) mass is 413 g/mol. The van der Waals surface area contributed by atoms with Gasteiger partial charge in [0, 0.05) is 0 Å². The molecule has 0 aromatic carbocycles. The Morgan fingerprint density at radius 3 is 1.76 bits per heavy atom. The first-order chi connectivity index (χ1) is 9.94. The van der Waals surface area contributed by atoms with Crippen molar-refractivity contribution in [3.05, 3.63) is 0 Å². The number of carbonyl (C=O) groups is 2. The van der Waals surface area contributed by atoms with Crippen LogP contribution in [-0.2, 0) is 21.7 Å². The average molecular weight is 414 g/mol. The van der Waals surface area contributed by atoms with Gasteiger partial charge in [0.2, 0.25) is 0 Å². The minimum atomic E-state index is -5.02. The molecule has 1 radical (unpaired) electrons. The van der Waals surface area contributed by atoms with Crippen molar-refractivity contribution in [2.75, 3.05) is 39.3 Å². The molecule has 2 N–H and O–H groups in total. The van der Waals surface area contributed by atoms with E-state index in [0.29, 0.717) is 13.1 Å². The van der Waals surface area contributed by atoms with Crippen LogP contribution in [0.2, 0.25) is 0 Å².